The highest BCUT2D eigenvalue weighted by Crippen LogP contribution is 2.45. The van der Waals surface area contributed by atoms with Gasteiger partial charge in [0, 0.05) is 11.8 Å². The van der Waals surface area contributed by atoms with Crippen molar-refractivity contribution in [1.82, 2.24) is 0 Å². The van der Waals surface area contributed by atoms with E-state index in [1.54, 1.807) is 0 Å². The summed E-state index contributed by atoms with van der Waals surface area (Å²) in [6.07, 6.45) is 4.13. The average molecular weight is 228 g/mol. The molecule has 1 N–H and O–H groups in total. The third-order valence-electron chi connectivity index (χ3n) is 4.02. The molecule has 0 radical (unpaired) electrons. The Bertz CT molecular complexity index is 473. The SMILES string of the molecule is O=C1C(c2ccccc2)=C(O)[C@H]2CCCC[C@@H]12. The summed E-state index contributed by atoms with van der Waals surface area (Å²) in [5.74, 6) is 0.620. The number of hydrogen-bond acceptors (Lipinski definition) is 2. The number of ketones is 1. The van der Waals surface area contributed by atoms with Crippen LogP contribution in [0, 0.1) is 11.8 Å². The van der Waals surface area contributed by atoms with Crippen LogP contribution in [0.3, 0.4) is 0 Å². The lowest BCUT2D eigenvalue weighted by atomic mass is 9.80. The Morgan fingerprint density at radius 1 is 1.00 bits per heavy atom. The van der Waals surface area contributed by atoms with E-state index in [4.69, 9.17) is 0 Å². The highest BCUT2D eigenvalue weighted by molar-refractivity contribution is 6.24. The number of carbonyl (C=O) groups excluding carboxylic acids is 1. The van der Waals surface area contributed by atoms with Crippen LogP contribution in [-0.2, 0) is 4.79 Å². The number of aliphatic hydroxyl groups is 1. The quantitative estimate of drug-likeness (QED) is 0.800. The first-order chi connectivity index (χ1) is 8.29. The molecule has 2 aliphatic rings. The van der Waals surface area contributed by atoms with E-state index < -0.39 is 0 Å². The predicted molar refractivity (Wildman–Crippen MR) is 66.4 cm³/mol. The maximum atomic E-state index is 12.3. The molecule has 1 aromatic carbocycles. The zero-order valence-corrected chi connectivity index (χ0v) is 9.73. The van der Waals surface area contributed by atoms with Crippen molar-refractivity contribution in [3.05, 3.63) is 41.7 Å². The summed E-state index contributed by atoms with van der Waals surface area (Å²) in [7, 11) is 0. The number of rotatable bonds is 1. The lowest BCUT2D eigenvalue weighted by molar-refractivity contribution is -0.118. The summed E-state index contributed by atoms with van der Waals surface area (Å²) in [5, 5.41) is 10.3. The van der Waals surface area contributed by atoms with Gasteiger partial charge in [0.15, 0.2) is 5.78 Å². The molecule has 2 atom stereocenters. The summed E-state index contributed by atoms with van der Waals surface area (Å²) >= 11 is 0. The van der Waals surface area contributed by atoms with Gasteiger partial charge in [0.2, 0.25) is 0 Å². The van der Waals surface area contributed by atoms with Crippen LogP contribution in [0.15, 0.2) is 36.1 Å². The molecule has 2 aliphatic carbocycles. The first-order valence-electron chi connectivity index (χ1n) is 6.32. The number of benzene rings is 1. The molecular formula is C15H16O2. The van der Waals surface area contributed by atoms with Crippen molar-refractivity contribution in [3.8, 4) is 0 Å². The normalized spacial score (nSPS) is 28.4. The van der Waals surface area contributed by atoms with Gasteiger partial charge in [-0.15, -0.1) is 0 Å². The summed E-state index contributed by atoms with van der Waals surface area (Å²) in [6.45, 7) is 0. The standard InChI is InChI=1S/C15H16O2/c16-14-11-8-4-5-9-12(11)15(17)13(14)10-6-2-1-3-7-10/h1-3,6-7,11-12,16H,4-5,8-9H2/t11-,12+/m0/s1. The molecular weight excluding hydrogens is 212 g/mol. The fourth-order valence-electron chi connectivity index (χ4n) is 3.16. The van der Waals surface area contributed by atoms with E-state index in [0.29, 0.717) is 11.3 Å². The largest absolute Gasteiger partial charge is 0.511 e. The van der Waals surface area contributed by atoms with E-state index in [9.17, 15) is 9.90 Å². The number of hydrogen-bond donors (Lipinski definition) is 1. The Morgan fingerprint density at radius 3 is 2.29 bits per heavy atom. The monoisotopic (exact) mass is 228 g/mol. The molecule has 1 fully saturated rings. The van der Waals surface area contributed by atoms with Gasteiger partial charge < -0.3 is 5.11 Å². The second kappa shape index (κ2) is 4.02. The molecule has 0 amide bonds. The van der Waals surface area contributed by atoms with Gasteiger partial charge in [0.1, 0.15) is 5.76 Å². The van der Waals surface area contributed by atoms with Crippen LogP contribution in [0.4, 0.5) is 0 Å². The lowest BCUT2D eigenvalue weighted by Crippen LogP contribution is -2.21. The zero-order valence-electron chi connectivity index (χ0n) is 9.73. The first-order valence-corrected chi connectivity index (χ1v) is 6.32. The minimum Gasteiger partial charge on any atom is -0.511 e. The summed E-state index contributed by atoms with van der Waals surface area (Å²) < 4.78 is 0. The van der Waals surface area contributed by atoms with Crippen molar-refractivity contribution in [2.75, 3.05) is 0 Å². The molecule has 0 aromatic heterocycles. The molecule has 1 aromatic rings. The van der Waals surface area contributed by atoms with E-state index in [2.05, 4.69) is 0 Å². The highest BCUT2D eigenvalue weighted by Gasteiger charge is 2.43. The fourth-order valence-corrected chi connectivity index (χ4v) is 3.16. The Morgan fingerprint density at radius 2 is 1.65 bits per heavy atom. The van der Waals surface area contributed by atoms with Crippen molar-refractivity contribution in [3.63, 3.8) is 0 Å². The van der Waals surface area contributed by atoms with E-state index in [0.717, 1.165) is 31.2 Å². The number of allylic oxidation sites excluding steroid dienone is 2. The van der Waals surface area contributed by atoms with E-state index >= 15 is 0 Å². The molecule has 0 heterocycles. The topological polar surface area (TPSA) is 37.3 Å². The van der Waals surface area contributed by atoms with Crippen LogP contribution in [0.5, 0.6) is 0 Å². The maximum absolute atomic E-state index is 12.3. The van der Waals surface area contributed by atoms with Gasteiger partial charge in [-0.2, -0.15) is 0 Å². The second-order valence-electron chi connectivity index (χ2n) is 4.99. The maximum Gasteiger partial charge on any atom is 0.170 e. The number of Topliss-reactive ketones (excluding diaryl/α,β-unsaturated/α-hetero) is 1. The highest BCUT2D eigenvalue weighted by atomic mass is 16.3. The molecule has 0 bridgehead atoms. The fraction of sp³-hybridized carbons (Fsp3) is 0.400. The van der Waals surface area contributed by atoms with Crippen LogP contribution in [-0.4, -0.2) is 10.9 Å². The zero-order chi connectivity index (χ0) is 11.8. The van der Waals surface area contributed by atoms with Crippen molar-refractivity contribution in [2.45, 2.75) is 25.7 Å². The van der Waals surface area contributed by atoms with Gasteiger partial charge in [-0.1, -0.05) is 43.2 Å². The first kappa shape index (κ1) is 10.6. The molecule has 3 rings (SSSR count). The molecule has 0 spiro atoms. The Kier molecular flexibility index (Phi) is 2.50. The van der Waals surface area contributed by atoms with Gasteiger partial charge in [0.05, 0.1) is 5.57 Å². The minimum atomic E-state index is 0.0407. The molecule has 17 heavy (non-hydrogen) atoms. The smallest absolute Gasteiger partial charge is 0.170 e. The molecule has 0 aliphatic heterocycles. The van der Waals surface area contributed by atoms with Gasteiger partial charge in [-0.05, 0) is 18.4 Å². The summed E-state index contributed by atoms with van der Waals surface area (Å²) in [4.78, 5) is 12.3. The van der Waals surface area contributed by atoms with Crippen LogP contribution < -0.4 is 0 Å². The molecule has 0 saturated heterocycles. The lowest BCUT2D eigenvalue weighted by Gasteiger charge is -2.23. The van der Waals surface area contributed by atoms with Crippen molar-refractivity contribution >= 4 is 11.4 Å². The number of carbonyl (C=O) groups is 1. The van der Waals surface area contributed by atoms with Crippen LogP contribution in [0.1, 0.15) is 31.2 Å². The molecule has 1 saturated carbocycles. The van der Waals surface area contributed by atoms with Crippen molar-refractivity contribution in [2.24, 2.45) is 11.8 Å². The van der Waals surface area contributed by atoms with E-state index in [1.807, 2.05) is 30.3 Å². The van der Waals surface area contributed by atoms with Crippen molar-refractivity contribution in [1.29, 1.82) is 0 Å². The number of aliphatic hydroxyl groups excluding tert-OH is 1. The van der Waals surface area contributed by atoms with Crippen LogP contribution >= 0.6 is 0 Å². The summed E-state index contributed by atoms with van der Waals surface area (Å²) in [6, 6.07) is 9.55. The minimum absolute atomic E-state index is 0.0407. The second-order valence-corrected chi connectivity index (χ2v) is 4.99. The third kappa shape index (κ3) is 1.59. The molecule has 0 unspecified atom stereocenters. The van der Waals surface area contributed by atoms with Gasteiger partial charge in [0.25, 0.3) is 0 Å². The Hall–Kier alpha value is -1.57. The molecule has 2 nitrogen and oxygen atoms in total. The molecule has 2 heteroatoms. The summed E-state index contributed by atoms with van der Waals surface area (Å²) in [5.41, 5.74) is 1.44. The number of fused-ring (bicyclic) bond motifs is 1. The van der Waals surface area contributed by atoms with Crippen LogP contribution in [0.25, 0.3) is 5.57 Å². The van der Waals surface area contributed by atoms with E-state index in [-0.39, 0.29) is 17.6 Å². The predicted octanol–water partition coefficient (Wildman–Crippen LogP) is 3.34. The average Bonchev–Trinajstić information content (AvgIpc) is 2.64. The van der Waals surface area contributed by atoms with Gasteiger partial charge >= 0.3 is 0 Å². The Balaban J connectivity index is 2.04. The van der Waals surface area contributed by atoms with Crippen LogP contribution in [0.2, 0.25) is 0 Å². The van der Waals surface area contributed by atoms with E-state index in [1.165, 1.54) is 0 Å². The third-order valence-corrected chi connectivity index (χ3v) is 4.02. The Labute approximate surface area is 101 Å². The van der Waals surface area contributed by atoms with Gasteiger partial charge in [-0.25, -0.2) is 0 Å². The van der Waals surface area contributed by atoms with Gasteiger partial charge in [-0.3, -0.25) is 4.79 Å². The van der Waals surface area contributed by atoms with Crippen molar-refractivity contribution < 1.29 is 9.90 Å². The molecule has 88 valence electrons.